The molecule has 0 aliphatic carbocycles. The van der Waals surface area contributed by atoms with Crippen molar-refractivity contribution in [3.8, 4) is 0 Å². The molecular formula is C30H54O5. The first-order chi connectivity index (χ1) is 16.4. The minimum absolute atomic E-state index is 0.181. The summed E-state index contributed by atoms with van der Waals surface area (Å²) in [6.07, 6.45) is 14.1. The van der Waals surface area contributed by atoms with Gasteiger partial charge in [-0.2, -0.15) is 0 Å². The maximum atomic E-state index is 11.0. The molecule has 0 heterocycles. The molecule has 0 N–H and O–H groups in total. The summed E-state index contributed by atoms with van der Waals surface area (Å²) in [5.74, 6) is -0.234. The van der Waals surface area contributed by atoms with Crippen LogP contribution in [0.5, 0.6) is 0 Å². The van der Waals surface area contributed by atoms with Crippen molar-refractivity contribution in [1.29, 1.82) is 0 Å². The van der Waals surface area contributed by atoms with E-state index in [1.54, 1.807) is 6.08 Å². The number of hydrogen-bond donors (Lipinski definition) is 0. The smallest absolute Gasteiger partial charge is 0.330 e. The van der Waals surface area contributed by atoms with Gasteiger partial charge in [-0.05, 0) is 94.4 Å². The van der Waals surface area contributed by atoms with Gasteiger partial charge >= 0.3 is 5.97 Å². The summed E-state index contributed by atoms with van der Waals surface area (Å²) in [6, 6.07) is 0. The third kappa shape index (κ3) is 30.0. The first kappa shape index (κ1) is 37.6. The molecule has 0 rings (SSSR count). The van der Waals surface area contributed by atoms with E-state index < -0.39 is 0 Å². The Morgan fingerprint density at radius 3 is 1.91 bits per heavy atom. The zero-order chi connectivity index (χ0) is 27.7. The third-order valence-corrected chi connectivity index (χ3v) is 4.61. The lowest BCUT2D eigenvalue weighted by Crippen LogP contribution is -2.31. The van der Waals surface area contributed by atoms with E-state index in [-0.39, 0.29) is 17.9 Å². The highest BCUT2D eigenvalue weighted by Crippen LogP contribution is 2.22. The van der Waals surface area contributed by atoms with Crippen molar-refractivity contribution in [2.24, 2.45) is 0 Å². The molecule has 0 aromatic carbocycles. The summed E-state index contributed by atoms with van der Waals surface area (Å²) in [4.78, 5) is 20.4. The van der Waals surface area contributed by atoms with Gasteiger partial charge in [-0.15, -0.1) is 6.58 Å². The number of allylic oxidation sites excluding steroid dienone is 5. The topological polar surface area (TPSA) is 61.8 Å². The number of hydrogen-bond acceptors (Lipinski definition) is 5. The summed E-state index contributed by atoms with van der Waals surface area (Å²) < 4.78 is 16.0. The lowest BCUT2D eigenvalue weighted by Gasteiger charge is -2.29. The molecule has 35 heavy (non-hydrogen) atoms. The minimum atomic E-state index is -0.305. The van der Waals surface area contributed by atoms with Gasteiger partial charge in [-0.1, -0.05) is 41.9 Å². The fourth-order valence-corrected chi connectivity index (χ4v) is 2.67. The molecule has 0 aliphatic rings. The highest BCUT2D eigenvalue weighted by atomic mass is 16.7. The number of aldehydes is 1. The van der Waals surface area contributed by atoms with Gasteiger partial charge in [0.05, 0.1) is 12.2 Å². The van der Waals surface area contributed by atoms with Gasteiger partial charge in [-0.3, -0.25) is 0 Å². The van der Waals surface area contributed by atoms with Gasteiger partial charge in [0, 0.05) is 19.1 Å². The average molecular weight is 495 g/mol. The fourth-order valence-electron chi connectivity index (χ4n) is 2.67. The Labute approximate surface area is 216 Å². The molecule has 204 valence electrons. The van der Waals surface area contributed by atoms with E-state index in [1.165, 1.54) is 11.1 Å². The Hall–Kier alpha value is -1.98. The van der Waals surface area contributed by atoms with Gasteiger partial charge < -0.3 is 19.0 Å². The number of esters is 1. The predicted molar refractivity (Wildman–Crippen MR) is 149 cm³/mol. The molecule has 5 heteroatoms. The molecule has 0 radical (unpaired) electrons. The van der Waals surface area contributed by atoms with Gasteiger partial charge in [0.2, 0.25) is 0 Å². The van der Waals surface area contributed by atoms with E-state index in [9.17, 15) is 9.59 Å². The summed E-state index contributed by atoms with van der Waals surface area (Å²) >= 11 is 0. The van der Waals surface area contributed by atoms with Gasteiger partial charge in [0.25, 0.3) is 0 Å². The van der Waals surface area contributed by atoms with Gasteiger partial charge in [0.1, 0.15) is 6.29 Å². The van der Waals surface area contributed by atoms with Crippen molar-refractivity contribution in [2.45, 2.75) is 120 Å². The molecule has 0 amide bonds. The van der Waals surface area contributed by atoms with E-state index in [4.69, 9.17) is 14.2 Å². The Kier molecular flexibility index (Phi) is 27.0. The number of rotatable bonds is 15. The molecule has 0 aliphatic heterocycles. The predicted octanol–water partition coefficient (Wildman–Crippen LogP) is 8.30. The molecule has 2 unspecified atom stereocenters. The van der Waals surface area contributed by atoms with E-state index in [0.29, 0.717) is 19.6 Å². The van der Waals surface area contributed by atoms with Crippen LogP contribution in [0.15, 0.2) is 47.6 Å². The highest BCUT2D eigenvalue weighted by molar-refractivity contribution is 5.82. The Balaban J connectivity index is -0.000000493. The molecule has 0 aromatic rings. The zero-order valence-electron chi connectivity index (χ0n) is 24.4. The number of unbranched alkanes of at least 4 members (excludes halogenated alkanes) is 1. The second-order valence-corrected chi connectivity index (χ2v) is 9.00. The lowest BCUT2D eigenvalue weighted by atomic mass is 9.99. The van der Waals surface area contributed by atoms with Crippen molar-refractivity contribution in [3.05, 3.63) is 47.6 Å². The first-order valence-corrected chi connectivity index (χ1v) is 12.9. The molecule has 0 saturated carbocycles. The second-order valence-electron chi connectivity index (χ2n) is 9.00. The summed E-state index contributed by atoms with van der Waals surface area (Å²) in [6.45, 7) is 25.0. The molecule has 0 fully saturated rings. The van der Waals surface area contributed by atoms with E-state index in [1.807, 2.05) is 47.6 Å². The van der Waals surface area contributed by atoms with Crippen LogP contribution in [0.25, 0.3) is 0 Å². The van der Waals surface area contributed by atoms with Crippen LogP contribution in [0, 0.1) is 0 Å². The SMILES string of the molecule is C=CC(C)(CCC=C(C)C)OC(C)OCC.CCCC=O.CCOC(=O)C=C(C)CCC=C(C)C. The largest absolute Gasteiger partial charge is 0.463 e. The van der Waals surface area contributed by atoms with Gasteiger partial charge in [-0.25, -0.2) is 4.79 Å². The van der Waals surface area contributed by atoms with Gasteiger partial charge in [0.15, 0.2) is 6.29 Å². The van der Waals surface area contributed by atoms with Crippen LogP contribution in [-0.4, -0.2) is 37.4 Å². The minimum Gasteiger partial charge on any atom is -0.463 e. The summed E-state index contributed by atoms with van der Waals surface area (Å²) in [5.41, 5.74) is 3.42. The van der Waals surface area contributed by atoms with Crippen LogP contribution < -0.4 is 0 Å². The van der Waals surface area contributed by atoms with Crippen LogP contribution in [0.4, 0.5) is 0 Å². The maximum absolute atomic E-state index is 11.0. The number of carbonyl (C=O) groups excluding carboxylic acids is 2. The number of ether oxygens (including phenoxy) is 3. The highest BCUT2D eigenvalue weighted by Gasteiger charge is 2.23. The molecule has 0 aromatic heterocycles. The third-order valence-electron chi connectivity index (χ3n) is 4.61. The molecule has 0 spiro atoms. The Bertz CT molecular complexity index is 637. The van der Waals surface area contributed by atoms with Crippen molar-refractivity contribution >= 4 is 12.3 Å². The maximum Gasteiger partial charge on any atom is 0.330 e. The molecule has 0 bridgehead atoms. The quantitative estimate of drug-likeness (QED) is 0.0753. The summed E-state index contributed by atoms with van der Waals surface area (Å²) in [7, 11) is 0. The Morgan fingerprint density at radius 1 is 0.943 bits per heavy atom. The standard InChI is InChI=1S/C14H26O2.C12H20O2.C4H8O/c1-7-14(6,11-9-10-12(3)4)16-13(5)15-8-2;1-5-14-12(13)9-11(4)8-6-7-10(2)3;1-2-3-4-5/h7,10,13H,1,8-9,11H2,2-6H3;7,9H,5-6,8H2,1-4H3;4H,2-3H2,1H3. The second kappa shape index (κ2) is 25.1. The van der Waals surface area contributed by atoms with Crippen molar-refractivity contribution in [1.82, 2.24) is 0 Å². The van der Waals surface area contributed by atoms with Crippen molar-refractivity contribution < 1.29 is 23.8 Å². The zero-order valence-corrected chi connectivity index (χ0v) is 24.4. The molecule has 2 atom stereocenters. The average Bonchev–Trinajstić information content (AvgIpc) is 2.75. The van der Waals surface area contributed by atoms with Crippen molar-refractivity contribution in [3.63, 3.8) is 0 Å². The lowest BCUT2D eigenvalue weighted by molar-refractivity contribution is -0.180. The molecular weight excluding hydrogens is 440 g/mol. The summed E-state index contributed by atoms with van der Waals surface area (Å²) in [5, 5.41) is 0. The van der Waals surface area contributed by atoms with Crippen LogP contribution in [-0.2, 0) is 23.8 Å². The fraction of sp³-hybridized carbons (Fsp3) is 0.667. The van der Waals surface area contributed by atoms with Crippen LogP contribution >= 0.6 is 0 Å². The van der Waals surface area contributed by atoms with E-state index >= 15 is 0 Å². The van der Waals surface area contributed by atoms with E-state index in [2.05, 4.69) is 46.4 Å². The Morgan fingerprint density at radius 2 is 1.51 bits per heavy atom. The molecule has 0 saturated heterocycles. The van der Waals surface area contributed by atoms with E-state index in [0.717, 1.165) is 44.0 Å². The normalized spacial score (nSPS) is 12.9. The van der Waals surface area contributed by atoms with Crippen LogP contribution in [0.2, 0.25) is 0 Å². The number of carbonyl (C=O) groups is 2. The van der Waals surface area contributed by atoms with Crippen LogP contribution in [0.1, 0.15) is 108 Å². The van der Waals surface area contributed by atoms with Crippen molar-refractivity contribution in [2.75, 3.05) is 13.2 Å². The monoisotopic (exact) mass is 494 g/mol. The first-order valence-electron chi connectivity index (χ1n) is 12.9. The molecule has 5 nitrogen and oxygen atoms in total. The van der Waals surface area contributed by atoms with Crippen LogP contribution in [0.3, 0.4) is 0 Å².